The van der Waals surface area contributed by atoms with Crippen LogP contribution in [0.2, 0.25) is 0 Å². The van der Waals surface area contributed by atoms with Gasteiger partial charge >= 0.3 is 0 Å². The summed E-state index contributed by atoms with van der Waals surface area (Å²) in [5, 5.41) is 4.37. The van der Waals surface area contributed by atoms with E-state index in [-0.39, 0.29) is 6.04 Å². The molecule has 1 aliphatic rings. The van der Waals surface area contributed by atoms with Crippen molar-refractivity contribution in [2.75, 3.05) is 0 Å². The summed E-state index contributed by atoms with van der Waals surface area (Å²) in [6, 6.07) is 2.36. The number of aromatic nitrogens is 2. The third kappa shape index (κ3) is 3.61. The maximum absolute atomic E-state index is 5.84. The van der Waals surface area contributed by atoms with Crippen LogP contribution in [0.3, 0.4) is 0 Å². The summed E-state index contributed by atoms with van der Waals surface area (Å²) in [6.07, 6.45) is 11.3. The molecule has 0 spiro atoms. The van der Waals surface area contributed by atoms with Crippen molar-refractivity contribution >= 4 is 0 Å². The zero-order valence-electron chi connectivity index (χ0n) is 13.0. The Kier molecular flexibility index (Phi) is 6.05. The predicted molar refractivity (Wildman–Crippen MR) is 82.9 cm³/mol. The summed E-state index contributed by atoms with van der Waals surface area (Å²) < 4.78 is 2.06. The maximum Gasteiger partial charge on any atom is 0.0657 e. The van der Waals surface area contributed by atoms with Gasteiger partial charge in [0.1, 0.15) is 0 Å². The Labute approximate surface area is 123 Å². The first-order valence-corrected chi connectivity index (χ1v) is 8.27. The van der Waals surface area contributed by atoms with Crippen molar-refractivity contribution in [3.8, 4) is 0 Å². The van der Waals surface area contributed by atoms with Gasteiger partial charge in [-0.25, -0.2) is 0 Å². The molecule has 0 amide bonds. The standard InChI is InChI=1S/C16H30N4/c1-3-5-6-13-7-9-14(10-8-13)16(19-17)15-11-12-18-20(15)4-2/h11-14,16,19H,3-10,17H2,1-2H3. The Hall–Kier alpha value is -0.870. The fourth-order valence-electron chi connectivity index (χ4n) is 3.64. The predicted octanol–water partition coefficient (Wildman–Crippen LogP) is 3.40. The maximum atomic E-state index is 5.84. The number of nitrogens with one attached hydrogen (secondary N) is 1. The Morgan fingerprint density at radius 2 is 2.10 bits per heavy atom. The van der Waals surface area contributed by atoms with Crippen LogP contribution in [0, 0.1) is 11.8 Å². The minimum absolute atomic E-state index is 0.254. The average molecular weight is 278 g/mol. The molecule has 20 heavy (non-hydrogen) atoms. The van der Waals surface area contributed by atoms with E-state index in [1.54, 1.807) is 0 Å². The highest BCUT2D eigenvalue weighted by Crippen LogP contribution is 2.38. The number of hydrogen-bond donors (Lipinski definition) is 2. The largest absolute Gasteiger partial charge is 0.271 e. The molecule has 0 aliphatic heterocycles. The third-order valence-corrected chi connectivity index (χ3v) is 4.88. The van der Waals surface area contributed by atoms with E-state index in [4.69, 9.17) is 5.84 Å². The number of hydrazine groups is 1. The first-order chi connectivity index (χ1) is 9.80. The Morgan fingerprint density at radius 1 is 1.35 bits per heavy atom. The van der Waals surface area contributed by atoms with Gasteiger partial charge in [0, 0.05) is 12.7 Å². The quantitative estimate of drug-likeness (QED) is 0.593. The van der Waals surface area contributed by atoms with Crippen LogP contribution in [0.25, 0.3) is 0 Å². The van der Waals surface area contributed by atoms with Gasteiger partial charge < -0.3 is 0 Å². The van der Waals surface area contributed by atoms with Crippen molar-refractivity contribution in [1.82, 2.24) is 15.2 Å². The molecule has 1 unspecified atom stereocenters. The van der Waals surface area contributed by atoms with Gasteiger partial charge in [0.15, 0.2) is 0 Å². The number of nitrogens with zero attached hydrogens (tertiary/aromatic N) is 2. The van der Waals surface area contributed by atoms with Crippen molar-refractivity contribution in [3.05, 3.63) is 18.0 Å². The number of hydrogen-bond acceptors (Lipinski definition) is 3. The molecule has 1 fully saturated rings. The lowest BCUT2D eigenvalue weighted by Gasteiger charge is -2.33. The highest BCUT2D eigenvalue weighted by Gasteiger charge is 2.29. The molecule has 0 radical (unpaired) electrons. The molecule has 3 N–H and O–H groups in total. The van der Waals surface area contributed by atoms with E-state index >= 15 is 0 Å². The molecular weight excluding hydrogens is 248 g/mol. The van der Waals surface area contributed by atoms with E-state index in [0.29, 0.717) is 5.92 Å². The van der Waals surface area contributed by atoms with Gasteiger partial charge in [-0.3, -0.25) is 16.0 Å². The fraction of sp³-hybridized carbons (Fsp3) is 0.812. The topological polar surface area (TPSA) is 55.9 Å². The lowest BCUT2D eigenvalue weighted by molar-refractivity contribution is 0.208. The van der Waals surface area contributed by atoms with Crippen LogP contribution in [0.4, 0.5) is 0 Å². The van der Waals surface area contributed by atoms with E-state index in [9.17, 15) is 0 Å². The summed E-state index contributed by atoms with van der Waals surface area (Å²) >= 11 is 0. The van der Waals surface area contributed by atoms with Crippen LogP contribution in [0.5, 0.6) is 0 Å². The van der Waals surface area contributed by atoms with Crippen LogP contribution >= 0.6 is 0 Å². The number of rotatable bonds is 7. The number of unbranched alkanes of at least 4 members (excludes halogenated alkanes) is 1. The molecule has 1 aromatic rings. The zero-order chi connectivity index (χ0) is 14.4. The Balaban J connectivity index is 1.93. The normalized spacial score (nSPS) is 24.8. The van der Waals surface area contributed by atoms with Gasteiger partial charge in [0.25, 0.3) is 0 Å². The Morgan fingerprint density at radius 3 is 2.70 bits per heavy atom. The average Bonchev–Trinajstić information content (AvgIpc) is 2.95. The Bertz CT molecular complexity index is 380. The number of nitrogens with two attached hydrogens (primary N) is 1. The van der Waals surface area contributed by atoms with E-state index in [2.05, 4.69) is 35.1 Å². The minimum Gasteiger partial charge on any atom is -0.271 e. The molecule has 4 nitrogen and oxygen atoms in total. The van der Waals surface area contributed by atoms with Gasteiger partial charge in [-0.15, -0.1) is 0 Å². The second-order valence-electron chi connectivity index (χ2n) is 6.14. The molecule has 0 saturated heterocycles. The fourth-order valence-corrected chi connectivity index (χ4v) is 3.64. The van der Waals surface area contributed by atoms with Crippen molar-refractivity contribution in [2.45, 2.75) is 71.4 Å². The molecule has 2 rings (SSSR count). The molecular formula is C16H30N4. The van der Waals surface area contributed by atoms with Crippen molar-refractivity contribution < 1.29 is 0 Å². The monoisotopic (exact) mass is 278 g/mol. The van der Waals surface area contributed by atoms with Gasteiger partial charge in [-0.2, -0.15) is 5.10 Å². The lowest BCUT2D eigenvalue weighted by atomic mass is 9.76. The van der Waals surface area contributed by atoms with Crippen LogP contribution in [-0.2, 0) is 6.54 Å². The SMILES string of the molecule is CCCCC1CCC(C(NN)c2ccnn2CC)CC1. The van der Waals surface area contributed by atoms with Crippen molar-refractivity contribution in [3.63, 3.8) is 0 Å². The summed E-state index contributed by atoms with van der Waals surface area (Å²) in [6.45, 7) is 5.32. The molecule has 1 aliphatic carbocycles. The van der Waals surface area contributed by atoms with Crippen LogP contribution in [0.1, 0.15) is 70.5 Å². The van der Waals surface area contributed by atoms with Gasteiger partial charge in [0.2, 0.25) is 0 Å². The first-order valence-electron chi connectivity index (χ1n) is 8.27. The molecule has 4 heteroatoms. The summed E-state index contributed by atoms with van der Waals surface area (Å²) in [5.41, 5.74) is 4.29. The van der Waals surface area contributed by atoms with Gasteiger partial charge in [0.05, 0.1) is 11.7 Å². The lowest BCUT2D eigenvalue weighted by Crippen LogP contribution is -2.36. The summed E-state index contributed by atoms with van der Waals surface area (Å²) in [7, 11) is 0. The zero-order valence-corrected chi connectivity index (χ0v) is 13.0. The van der Waals surface area contributed by atoms with E-state index in [0.717, 1.165) is 12.5 Å². The first kappa shape index (κ1) is 15.5. The van der Waals surface area contributed by atoms with E-state index < -0.39 is 0 Å². The summed E-state index contributed by atoms with van der Waals surface area (Å²) in [5.74, 6) is 7.44. The molecule has 1 aromatic heterocycles. The third-order valence-electron chi connectivity index (χ3n) is 4.88. The molecule has 1 heterocycles. The highest BCUT2D eigenvalue weighted by atomic mass is 15.3. The minimum atomic E-state index is 0.254. The van der Waals surface area contributed by atoms with Crippen LogP contribution in [-0.4, -0.2) is 9.78 Å². The summed E-state index contributed by atoms with van der Waals surface area (Å²) in [4.78, 5) is 0. The van der Waals surface area contributed by atoms with E-state index in [1.165, 1.54) is 50.6 Å². The number of aryl methyl sites for hydroxylation is 1. The van der Waals surface area contributed by atoms with Crippen LogP contribution in [0.15, 0.2) is 12.3 Å². The molecule has 114 valence electrons. The molecule has 1 saturated carbocycles. The second kappa shape index (κ2) is 7.79. The van der Waals surface area contributed by atoms with Gasteiger partial charge in [-0.1, -0.05) is 39.0 Å². The molecule has 0 aromatic carbocycles. The van der Waals surface area contributed by atoms with Gasteiger partial charge in [-0.05, 0) is 37.7 Å². The molecule has 1 atom stereocenters. The molecule has 0 bridgehead atoms. The van der Waals surface area contributed by atoms with E-state index in [1.807, 2.05) is 6.20 Å². The smallest absolute Gasteiger partial charge is 0.0657 e. The van der Waals surface area contributed by atoms with Crippen molar-refractivity contribution in [1.29, 1.82) is 0 Å². The highest BCUT2D eigenvalue weighted by molar-refractivity contribution is 5.08. The second-order valence-corrected chi connectivity index (χ2v) is 6.14. The van der Waals surface area contributed by atoms with Crippen molar-refractivity contribution in [2.24, 2.45) is 17.7 Å². The van der Waals surface area contributed by atoms with Crippen LogP contribution < -0.4 is 11.3 Å².